The summed E-state index contributed by atoms with van der Waals surface area (Å²) in [5, 5.41) is 2.57. The number of carbonyl (C=O) groups is 2. The maximum Gasteiger partial charge on any atom is 0.419 e. The fourth-order valence-electron chi connectivity index (χ4n) is 3.37. The number of fused-ring (bicyclic) bond motifs is 1. The quantitative estimate of drug-likeness (QED) is 0.199. The van der Waals surface area contributed by atoms with Crippen molar-refractivity contribution in [2.75, 3.05) is 19.5 Å². The Morgan fingerprint density at radius 3 is 2.22 bits per heavy atom. The molecule has 4 aromatic rings. The number of ketones is 1. The molecule has 1 heterocycles. The third-order valence-corrected chi connectivity index (χ3v) is 5.17. The Hall–Kier alpha value is -4.74. The van der Waals surface area contributed by atoms with Crippen molar-refractivity contribution < 1.29 is 41.4 Å². The number of ether oxygens (including phenoxy) is 3. The summed E-state index contributed by atoms with van der Waals surface area (Å²) in [7, 11) is 2.97. The zero-order valence-electron chi connectivity index (χ0n) is 19.2. The summed E-state index contributed by atoms with van der Waals surface area (Å²) >= 11 is 0. The van der Waals surface area contributed by atoms with Crippen molar-refractivity contribution in [2.45, 2.75) is 6.18 Å². The minimum atomic E-state index is -4.96. The lowest BCUT2D eigenvalue weighted by Crippen LogP contribution is -2.23. The second-order valence-corrected chi connectivity index (χ2v) is 7.51. The summed E-state index contributed by atoms with van der Waals surface area (Å²) in [4.78, 5) is 33.1. The highest BCUT2D eigenvalue weighted by atomic mass is 19.4. The molecule has 1 amide bonds. The summed E-state index contributed by atoms with van der Waals surface area (Å²) in [6.45, 7) is 0. The lowest BCUT2D eigenvalue weighted by molar-refractivity contribution is -0.140. The van der Waals surface area contributed by atoms with Crippen LogP contribution in [0, 0.1) is 5.82 Å². The second-order valence-electron chi connectivity index (χ2n) is 7.51. The van der Waals surface area contributed by atoms with Crippen LogP contribution in [0.3, 0.4) is 0 Å². The number of carbonyl (C=O) groups excluding carboxylic acids is 2. The van der Waals surface area contributed by atoms with E-state index in [1.165, 1.54) is 44.8 Å². The van der Waals surface area contributed by atoms with E-state index in [0.29, 0.717) is 34.5 Å². The molecule has 0 fully saturated rings. The number of aromatic nitrogens is 2. The maximum absolute atomic E-state index is 13.4. The fraction of sp³-hybridized carbons (Fsp3) is 0.120. The van der Waals surface area contributed by atoms with Crippen molar-refractivity contribution in [1.29, 1.82) is 0 Å². The predicted octanol–water partition coefficient (Wildman–Crippen LogP) is 5.42. The van der Waals surface area contributed by atoms with Gasteiger partial charge in [0, 0.05) is 17.3 Å². The Kier molecular flexibility index (Phi) is 6.92. The van der Waals surface area contributed by atoms with Gasteiger partial charge in [0.25, 0.3) is 11.7 Å². The third kappa shape index (κ3) is 5.42. The van der Waals surface area contributed by atoms with E-state index in [1.807, 2.05) is 5.32 Å². The number of Topliss-reactive ketones (excluding diaryl/α,β-unsaturated/α-hetero) is 1. The number of amides is 1. The van der Waals surface area contributed by atoms with Gasteiger partial charge in [0.05, 0.1) is 30.7 Å². The van der Waals surface area contributed by atoms with Gasteiger partial charge in [0.1, 0.15) is 17.9 Å². The van der Waals surface area contributed by atoms with Gasteiger partial charge >= 0.3 is 6.18 Å². The molecule has 0 aliphatic heterocycles. The molecule has 1 aromatic heterocycles. The molecule has 4 rings (SSSR count). The zero-order chi connectivity index (χ0) is 26.7. The molecule has 0 saturated heterocycles. The normalized spacial score (nSPS) is 11.2. The first kappa shape index (κ1) is 25.4. The number of hydrogen-bond donors (Lipinski definition) is 1. The predicted molar refractivity (Wildman–Crippen MR) is 124 cm³/mol. The fourth-order valence-corrected chi connectivity index (χ4v) is 3.37. The van der Waals surface area contributed by atoms with Gasteiger partial charge in [-0.2, -0.15) is 13.2 Å². The Balaban J connectivity index is 1.51. The van der Waals surface area contributed by atoms with Crippen molar-refractivity contribution in [1.82, 2.24) is 9.97 Å². The molecule has 0 spiro atoms. The molecule has 0 saturated carbocycles. The van der Waals surface area contributed by atoms with E-state index in [9.17, 15) is 27.2 Å². The molecule has 3 aromatic carbocycles. The number of rotatable bonds is 7. The lowest BCUT2D eigenvalue weighted by atomic mass is 10.1. The van der Waals surface area contributed by atoms with E-state index in [4.69, 9.17) is 14.2 Å². The number of benzene rings is 3. The number of anilines is 1. The van der Waals surface area contributed by atoms with E-state index in [-0.39, 0.29) is 22.9 Å². The topological polar surface area (TPSA) is 99.6 Å². The summed E-state index contributed by atoms with van der Waals surface area (Å²) in [5.74, 6) is -2.34. The SMILES string of the molecule is COc1cc2ncnc(Oc3ccc(C(=O)C(=O)Nc4ccc(F)c(C(F)(F)F)c4)cc3)c2cc1OC. The molecule has 0 bridgehead atoms. The van der Waals surface area contributed by atoms with Crippen LogP contribution in [0.1, 0.15) is 15.9 Å². The summed E-state index contributed by atoms with van der Waals surface area (Å²) in [6.07, 6.45) is -3.66. The molecule has 0 radical (unpaired) electrons. The molecule has 8 nitrogen and oxygen atoms in total. The molecule has 12 heteroatoms. The molecular formula is C25H17F4N3O5. The van der Waals surface area contributed by atoms with Gasteiger partial charge in [-0.1, -0.05) is 0 Å². The second kappa shape index (κ2) is 10.1. The van der Waals surface area contributed by atoms with Gasteiger partial charge in [-0.25, -0.2) is 14.4 Å². The molecule has 37 heavy (non-hydrogen) atoms. The Morgan fingerprint density at radius 1 is 0.892 bits per heavy atom. The largest absolute Gasteiger partial charge is 0.493 e. The summed E-state index contributed by atoms with van der Waals surface area (Å²) in [5.41, 5.74) is -1.47. The molecule has 190 valence electrons. The number of hydrogen-bond acceptors (Lipinski definition) is 7. The van der Waals surface area contributed by atoms with Crippen molar-refractivity contribution in [3.63, 3.8) is 0 Å². The average molecular weight is 515 g/mol. The maximum atomic E-state index is 13.4. The molecule has 1 N–H and O–H groups in total. The van der Waals surface area contributed by atoms with Gasteiger partial charge in [-0.15, -0.1) is 0 Å². The van der Waals surface area contributed by atoms with Crippen LogP contribution in [0.25, 0.3) is 10.9 Å². The number of nitrogens with zero attached hydrogens (tertiary/aromatic N) is 2. The first-order valence-electron chi connectivity index (χ1n) is 10.5. The van der Waals surface area contributed by atoms with Crippen LogP contribution in [-0.2, 0) is 11.0 Å². The highest BCUT2D eigenvalue weighted by Crippen LogP contribution is 2.36. The van der Waals surface area contributed by atoms with Gasteiger partial charge in [-0.05, 0) is 48.5 Å². The molecule has 0 unspecified atom stereocenters. The number of methoxy groups -OCH3 is 2. The Morgan fingerprint density at radius 2 is 1.57 bits per heavy atom. The van der Waals surface area contributed by atoms with Crippen LogP contribution in [0.2, 0.25) is 0 Å². The lowest BCUT2D eigenvalue weighted by Gasteiger charge is -2.12. The molecular weight excluding hydrogens is 498 g/mol. The molecule has 0 atom stereocenters. The van der Waals surface area contributed by atoms with E-state index in [2.05, 4.69) is 9.97 Å². The van der Waals surface area contributed by atoms with Gasteiger partial charge < -0.3 is 19.5 Å². The van der Waals surface area contributed by atoms with Gasteiger partial charge in [0.2, 0.25) is 5.88 Å². The Labute approximate surface area is 206 Å². The number of alkyl halides is 3. The zero-order valence-corrected chi connectivity index (χ0v) is 19.2. The van der Waals surface area contributed by atoms with Crippen LogP contribution in [0.4, 0.5) is 23.2 Å². The van der Waals surface area contributed by atoms with Crippen molar-refractivity contribution in [2.24, 2.45) is 0 Å². The van der Waals surface area contributed by atoms with Gasteiger partial charge in [-0.3, -0.25) is 9.59 Å². The van der Waals surface area contributed by atoms with Gasteiger partial charge in [0.15, 0.2) is 11.5 Å². The van der Waals surface area contributed by atoms with Crippen LogP contribution >= 0.6 is 0 Å². The van der Waals surface area contributed by atoms with Crippen LogP contribution in [0.15, 0.2) is 60.9 Å². The standard InChI is InChI=1S/C25H17F4N3O5/c1-35-20-10-16-19(11-21(20)36-2)30-12-31-24(16)37-15-6-3-13(4-7-15)22(33)23(34)32-14-5-8-18(26)17(9-14)25(27,28)29/h3-12H,1-2H3,(H,32,34). The summed E-state index contributed by atoms with van der Waals surface area (Å²) < 4.78 is 68.5. The van der Waals surface area contributed by atoms with E-state index in [1.54, 1.807) is 12.1 Å². The molecule has 0 aliphatic carbocycles. The Bertz CT molecular complexity index is 1490. The third-order valence-electron chi connectivity index (χ3n) is 5.17. The van der Waals surface area contributed by atoms with E-state index in [0.717, 1.165) is 6.07 Å². The highest BCUT2D eigenvalue weighted by molar-refractivity contribution is 6.46. The van der Waals surface area contributed by atoms with Crippen molar-refractivity contribution in [3.05, 3.63) is 77.9 Å². The van der Waals surface area contributed by atoms with E-state index < -0.39 is 29.2 Å². The minimum Gasteiger partial charge on any atom is -0.493 e. The first-order chi connectivity index (χ1) is 17.6. The van der Waals surface area contributed by atoms with Crippen LogP contribution < -0.4 is 19.5 Å². The number of halogens is 4. The average Bonchev–Trinajstić information content (AvgIpc) is 2.88. The monoisotopic (exact) mass is 515 g/mol. The molecule has 0 aliphatic rings. The summed E-state index contributed by atoms with van der Waals surface area (Å²) in [6, 6.07) is 10.6. The van der Waals surface area contributed by atoms with Crippen molar-refractivity contribution in [3.8, 4) is 23.1 Å². The first-order valence-corrected chi connectivity index (χ1v) is 10.5. The van der Waals surface area contributed by atoms with Crippen molar-refractivity contribution >= 4 is 28.3 Å². The van der Waals surface area contributed by atoms with Crippen LogP contribution in [-0.4, -0.2) is 35.9 Å². The minimum absolute atomic E-state index is 0.0537. The highest BCUT2D eigenvalue weighted by Gasteiger charge is 2.34. The number of nitrogens with one attached hydrogen (secondary N) is 1. The van der Waals surface area contributed by atoms with Crippen LogP contribution in [0.5, 0.6) is 23.1 Å². The van der Waals surface area contributed by atoms with E-state index >= 15 is 0 Å². The smallest absolute Gasteiger partial charge is 0.419 e.